The number of aliphatic hydroxyl groups is 1. The van der Waals surface area contributed by atoms with E-state index in [1.807, 2.05) is 20.8 Å². The number of rotatable bonds is 5. The molecule has 1 rings (SSSR count). The molecule has 0 saturated heterocycles. The molecular formula is C14H23NO4. The molecule has 1 atom stereocenters. The quantitative estimate of drug-likeness (QED) is 0.854. The van der Waals surface area contributed by atoms with Gasteiger partial charge in [-0.25, -0.2) is 0 Å². The van der Waals surface area contributed by atoms with Crippen LogP contribution in [0.3, 0.4) is 0 Å². The molecule has 0 aliphatic heterocycles. The van der Waals surface area contributed by atoms with E-state index in [-0.39, 0.29) is 24.7 Å². The molecule has 1 unspecified atom stereocenters. The maximum absolute atomic E-state index is 11.6. The van der Waals surface area contributed by atoms with Crippen molar-refractivity contribution in [2.45, 2.75) is 45.8 Å². The molecule has 0 aliphatic rings. The number of ether oxygens (including phenoxy) is 1. The van der Waals surface area contributed by atoms with Gasteiger partial charge in [-0.3, -0.25) is 4.79 Å². The fourth-order valence-corrected chi connectivity index (χ4v) is 1.41. The van der Waals surface area contributed by atoms with Crippen LogP contribution in [0.4, 0.5) is 0 Å². The Morgan fingerprint density at radius 2 is 2.00 bits per heavy atom. The number of hydrogen-bond donors (Lipinski definition) is 2. The van der Waals surface area contributed by atoms with Crippen molar-refractivity contribution < 1.29 is 19.1 Å². The number of carbonyl (C=O) groups excluding carboxylic acids is 1. The Hall–Kier alpha value is -1.33. The van der Waals surface area contributed by atoms with Crippen LogP contribution in [0, 0.1) is 6.92 Å². The summed E-state index contributed by atoms with van der Waals surface area (Å²) in [6, 6.07) is 3.47. The van der Waals surface area contributed by atoms with Gasteiger partial charge in [0.05, 0.1) is 12.1 Å². The first kappa shape index (κ1) is 15.7. The van der Waals surface area contributed by atoms with Gasteiger partial charge in [0.1, 0.15) is 23.7 Å². The summed E-state index contributed by atoms with van der Waals surface area (Å²) in [5.74, 6) is 0.887. The summed E-state index contributed by atoms with van der Waals surface area (Å²) < 4.78 is 10.7. The fourth-order valence-electron chi connectivity index (χ4n) is 1.41. The molecule has 5 nitrogen and oxygen atoms in total. The molecule has 19 heavy (non-hydrogen) atoms. The average molecular weight is 269 g/mol. The topological polar surface area (TPSA) is 71.7 Å². The molecule has 0 aromatic carbocycles. The maximum atomic E-state index is 11.6. The second-order valence-electron chi connectivity index (χ2n) is 5.86. The van der Waals surface area contributed by atoms with Crippen molar-refractivity contribution in [3.8, 4) is 0 Å². The molecule has 5 heteroatoms. The van der Waals surface area contributed by atoms with Crippen LogP contribution in [0.15, 0.2) is 16.5 Å². The van der Waals surface area contributed by atoms with Crippen LogP contribution in [0.1, 0.15) is 39.2 Å². The van der Waals surface area contributed by atoms with Gasteiger partial charge in [0.15, 0.2) is 0 Å². The Labute approximate surface area is 113 Å². The SMILES string of the molecule is Cc1ccc(C(C)(O)CNC(=O)COC(C)(C)C)o1. The van der Waals surface area contributed by atoms with E-state index >= 15 is 0 Å². The van der Waals surface area contributed by atoms with Gasteiger partial charge >= 0.3 is 0 Å². The Morgan fingerprint density at radius 1 is 1.37 bits per heavy atom. The van der Waals surface area contributed by atoms with E-state index in [4.69, 9.17) is 9.15 Å². The number of amides is 1. The molecule has 108 valence electrons. The fraction of sp³-hybridized carbons (Fsp3) is 0.643. The number of nitrogens with one attached hydrogen (secondary N) is 1. The van der Waals surface area contributed by atoms with Crippen LogP contribution in [0.25, 0.3) is 0 Å². The first-order valence-electron chi connectivity index (χ1n) is 6.30. The molecule has 0 spiro atoms. The van der Waals surface area contributed by atoms with Crippen LogP contribution in [0.5, 0.6) is 0 Å². The predicted molar refractivity (Wildman–Crippen MR) is 71.7 cm³/mol. The lowest BCUT2D eigenvalue weighted by molar-refractivity contribution is -0.131. The zero-order valence-electron chi connectivity index (χ0n) is 12.2. The standard InChI is InChI=1S/C14H23NO4/c1-10-6-7-11(19-10)14(5,17)9-15-12(16)8-18-13(2,3)4/h6-7,17H,8-9H2,1-5H3,(H,15,16). The molecule has 0 fully saturated rings. The molecule has 2 N–H and O–H groups in total. The van der Waals surface area contributed by atoms with Crippen LogP contribution in [-0.2, 0) is 15.1 Å². The molecule has 1 amide bonds. The first-order chi connectivity index (χ1) is 8.60. The molecule has 1 heterocycles. The zero-order chi connectivity index (χ0) is 14.7. The Kier molecular flexibility index (Phi) is 4.76. The van der Waals surface area contributed by atoms with E-state index < -0.39 is 5.60 Å². The highest BCUT2D eigenvalue weighted by Gasteiger charge is 2.27. The van der Waals surface area contributed by atoms with E-state index in [9.17, 15) is 9.90 Å². The van der Waals surface area contributed by atoms with Crippen molar-refractivity contribution in [3.63, 3.8) is 0 Å². The minimum absolute atomic E-state index is 0.0310. The molecule has 1 aromatic rings. The van der Waals surface area contributed by atoms with Crippen LogP contribution < -0.4 is 5.32 Å². The van der Waals surface area contributed by atoms with Crippen molar-refractivity contribution in [1.82, 2.24) is 5.32 Å². The smallest absolute Gasteiger partial charge is 0.246 e. The lowest BCUT2D eigenvalue weighted by atomic mass is 10.0. The lowest BCUT2D eigenvalue weighted by Crippen LogP contribution is -2.40. The summed E-state index contributed by atoms with van der Waals surface area (Å²) in [6.07, 6.45) is 0. The third-order valence-electron chi connectivity index (χ3n) is 2.54. The van der Waals surface area contributed by atoms with E-state index in [0.29, 0.717) is 5.76 Å². The second kappa shape index (κ2) is 5.75. The van der Waals surface area contributed by atoms with Gasteiger partial charge < -0.3 is 19.6 Å². The number of hydrogen-bond acceptors (Lipinski definition) is 4. The first-order valence-corrected chi connectivity index (χ1v) is 6.30. The summed E-state index contributed by atoms with van der Waals surface area (Å²) in [4.78, 5) is 11.6. The maximum Gasteiger partial charge on any atom is 0.246 e. The van der Waals surface area contributed by atoms with Crippen molar-refractivity contribution in [3.05, 3.63) is 23.7 Å². The van der Waals surface area contributed by atoms with Gasteiger partial charge in [0, 0.05) is 0 Å². The molecular weight excluding hydrogens is 246 g/mol. The Bertz CT molecular complexity index is 429. The van der Waals surface area contributed by atoms with E-state index in [0.717, 1.165) is 5.76 Å². The van der Waals surface area contributed by atoms with Crippen LogP contribution >= 0.6 is 0 Å². The van der Waals surface area contributed by atoms with Gasteiger partial charge in [0.25, 0.3) is 0 Å². The largest absolute Gasteiger partial charge is 0.463 e. The number of aryl methyl sites for hydroxylation is 1. The summed E-state index contributed by atoms with van der Waals surface area (Å²) >= 11 is 0. The number of carbonyl (C=O) groups is 1. The summed E-state index contributed by atoms with van der Waals surface area (Å²) in [7, 11) is 0. The second-order valence-corrected chi connectivity index (χ2v) is 5.86. The highest BCUT2D eigenvalue weighted by Crippen LogP contribution is 2.21. The van der Waals surface area contributed by atoms with Gasteiger partial charge in [-0.1, -0.05) is 0 Å². The van der Waals surface area contributed by atoms with E-state index in [2.05, 4.69) is 5.32 Å². The van der Waals surface area contributed by atoms with Gasteiger partial charge in [-0.05, 0) is 46.8 Å². The van der Waals surface area contributed by atoms with Crippen molar-refractivity contribution >= 4 is 5.91 Å². The normalized spacial score (nSPS) is 15.1. The Morgan fingerprint density at radius 3 is 2.47 bits per heavy atom. The van der Waals surface area contributed by atoms with E-state index in [1.165, 1.54) is 0 Å². The third kappa shape index (κ3) is 5.44. The molecule has 0 aliphatic carbocycles. The average Bonchev–Trinajstić information content (AvgIpc) is 2.70. The highest BCUT2D eigenvalue weighted by molar-refractivity contribution is 5.77. The number of furan rings is 1. The van der Waals surface area contributed by atoms with Crippen molar-refractivity contribution in [2.24, 2.45) is 0 Å². The summed E-state index contributed by atoms with van der Waals surface area (Å²) in [5, 5.41) is 12.9. The highest BCUT2D eigenvalue weighted by atomic mass is 16.5. The van der Waals surface area contributed by atoms with Crippen molar-refractivity contribution in [2.75, 3.05) is 13.2 Å². The minimum atomic E-state index is -1.23. The monoisotopic (exact) mass is 269 g/mol. The third-order valence-corrected chi connectivity index (χ3v) is 2.54. The Balaban J connectivity index is 2.45. The molecule has 0 saturated carbocycles. The zero-order valence-corrected chi connectivity index (χ0v) is 12.2. The van der Waals surface area contributed by atoms with Gasteiger partial charge in [-0.15, -0.1) is 0 Å². The van der Waals surface area contributed by atoms with Gasteiger partial charge in [0.2, 0.25) is 5.91 Å². The predicted octanol–water partition coefficient (Wildman–Crippen LogP) is 1.73. The molecule has 0 radical (unpaired) electrons. The van der Waals surface area contributed by atoms with Crippen LogP contribution in [0.2, 0.25) is 0 Å². The summed E-state index contributed by atoms with van der Waals surface area (Å²) in [5.41, 5.74) is -1.59. The van der Waals surface area contributed by atoms with Gasteiger partial charge in [-0.2, -0.15) is 0 Å². The molecule has 1 aromatic heterocycles. The molecule has 0 bridgehead atoms. The minimum Gasteiger partial charge on any atom is -0.463 e. The van der Waals surface area contributed by atoms with E-state index in [1.54, 1.807) is 26.0 Å². The van der Waals surface area contributed by atoms with Crippen LogP contribution in [-0.4, -0.2) is 29.8 Å². The lowest BCUT2D eigenvalue weighted by Gasteiger charge is -2.23. The van der Waals surface area contributed by atoms with Crippen molar-refractivity contribution in [1.29, 1.82) is 0 Å². The summed E-state index contributed by atoms with van der Waals surface area (Å²) in [6.45, 7) is 9.07.